The van der Waals surface area contributed by atoms with Gasteiger partial charge in [0.25, 0.3) is 13.4 Å². The highest BCUT2D eigenvalue weighted by Gasteiger charge is 2.46. The average Bonchev–Trinajstić information content (AvgIpc) is 0.825. The summed E-state index contributed by atoms with van der Waals surface area (Å²) in [5, 5.41) is 9.17. The SMILES string of the molecule is c1ccc2c(c1)B1c3cc(-c4ccc5c(c4)sc4c(N6c7ccccc7B7c8ccccc8N(c8ccc(-c9cccc%10c9oc9ccccc9%10)cc8)c8cccc6c87)cccc45)ccc3N(c3cccc4c3oc3ccccc34)c3cccc(c31)N2c1ccc(-c2cccc3c2oc2ccccc23)cc1. The molecule has 0 unspecified atom stereocenters. The van der Waals surface area contributed by atoms with E-state index in [2.05, 4.69) is 347 Å². The summed E-state index contributed by atoms with van der Waals surface area (Å²) in [5.74, 6) is 0. The summed E-state index contributed by atoms with van der Waals surface area (Å²) in [6, 6.07) is 125. The van der Waals surface area contributed by atoms with E-state index in [0.717, 1.165) is 139 Å². The smallest absolute Gasteiger partial charge is 0.252 e. The molecule has 16 aromatic carbocycles. The molecule has 106 heavy (non-hydrogen) atoms. The van der Waals surface area contributed by atoms with E-state index in [1.165, 1.54) is 81.3 Å². The number of para-hydroxylation sites is 9. The van der Waals surface area contributed by atoms with Gasteiger partial charge in [0.1, 0.15) is 27.9 Å². The molecule has 7 nitrogen and oxygen atoms in total. The van der Waals surface area contributed by atoms with Crippen LogP contribution in [-0.4, -0.2) is 13.4 Å². The highest BCUT2D eigenvalue weighted by molar-refractivity contribution is 7.26. The van der Waals surface area contributed by atoms with Crippen molar-refractivity contribution in [3.8, 4) is 33.4 Å². The van der Waals surface area contributed by atoms with E-state index in [1.807, 2.05) is 23.5 Å². The Bertz CT molecular complexity index is 7170. The monoisotopic (exact) mass is 1370 g/mol. The number of anilines is 12. The van der Waals surface area contributed by atoms with Crippen LogP contribution in [0.3, 0.4) is 0 Å². The maximum atomic E-state index is 6.96. The van der Waals surface area contributed by atoms with Crippen LogP contribution in [-0.2, 0) is 0 Å². The second-order valence-electron chi connectivity index (χ2n) is 28.5. The van der Waals surface area contributed by atoms with Gasteiger partial charge < -0.3 is 32.9 Å². The minimum Gasteiger partial charge on any atom is -0.455 e. The average molecular weight is 1370 g/mol. The molecule has 0 N–H and O–H groups in total. The van der Waals surface area contributed by atoms with Gasteiger partial charge in [-0.15, -0.1) is 11.3 Å². The summed E-state index contributed by atoms with van der Waals surface area (Å²) >= 11 is 1.89. The highest BCUT2D eigenvalue weighted by atomic mass is 32.1. The Kier molecular flexibility index (Phi) is 12.0. The van der Waals surface area contributed by atoms with E-state index in [1.54, 1.807) is 0 Å². The number of hydrogen-bond acceptors (Lipinski definition) is 8. The molecule has 20 aromatic rings. The van der Waals surface area contributed by atoms with Crippen LogP contribution < -0.4 is 52.4 Å². The van der Waals surface area contributed by atoms with E-state index < -0.39 is 0 Å². The first-order chi connectivity index (χ1) is 52.6. The van der Waals surface area contributed by atoms with Crippen molar-refractivity contribution < 1.29 is 13.3 Å². The predicted molar refractivity (Wildman–Crippen MR) is 446 cm³/mol. The number of rotatable bonds is 7. The van der Waals surface area contributed by atoms with Crippen molar-refractivity contribution in [3.63, 3.8) is 0 Å². The maximum Gasteiger partial charge on any atom is 0.252 e. The second-order valence-corrected chi connectivity index (χ2v) is 29.5. The molecule has 0 saturated heterocycles. The minimum atomic E-state index is -0.104. The predicted octanol–water partition coefficient (Wildman–Crippen LogP) is 22.9. The van der Waals surface area contributed by atoms with Crippen molar-refractivity contribution in [1.82, 2.24) is 0 Å². The van der Waals surface area contributed by atoms with Gasteiger partial charge in [0, 0.05) is 116 Å². The molecule has 490 valence electrons. The molecule has 4 aliphatic rings. The first-order valence-corrected chi connectivity index (χ1v) is 37.2. The van der Waals surface area contributed by atoms with Crippen molar-refractivity contribution >= 4 is 212 Å². The summed E-state index contributed by atoms with van der Waals surface area (Å²) in [5.41, 5.74) is 33.2. The van der Waals surface area contributed by atoms with Gasteiger partial charge in [0.2, 0.25) is 0 Å². The molecule has 24 rings (SSSR count). The van der Waals surface area contributed by atoms with Crippen molar-refractivity contribution in [3.05, 3.63) is 340 Å². The Balaban J connectivity index is 0.635. The molecular weight excluding hydrogens is 1310 g/mol. The zero-order chi connectivity index (χ0) is 69.0. The number of thiophene rings is 1. The van der Waals surface area contributed by atoms with Crippen LogP contribution in [0.5, 0.6) is 0 Å². The van der Waals surface area contributed by atoms with Crippen LogP contribution in [0.25, 0.3) is 119 Å². The molecule has 0 amide bonds. The van der Waals surface area contributed by atoms with Gasteiger partial charge in [-0.2, -0.15) is 0 Å². The second kappa shape index (κ2) is 22.0. The van der Waals surface area contributed by atoms with Gasteiger partial charge >= 0.3 is 0 Å². The standard InChI is InChI=1S/C96H56B2N4O3S/c1-10-40-87-65(19-1)69-24-13-22-63(93(69)103-87)57-43-49-61(50-44-57)99-77-31-7-4-28-73(77)97-75-30-6-9-33-79(75)102(84-37-18-34-81(99)91(84)97)86-39-16-27-72-68-53-47-60(56-90(68)106-96(72)86)59-48-54-80-76(55-59)98-74-29-5-8-32-78(74)100(62-51-45-58(46-52-62)64-23-14-25-70-66-20-2-11-41-88(66)104-94(64)70)82-35-17-36-83(92(82)98)101(80)85-38-15-26-71-67-21-3-12-42-89(67)105-95(71)85/h1-56H. The van der Waals surface area contributed by atoms with Crippen LogP contribution in [0.2, 0.25) is 0 Å². The van der Waals surface area contributed by atoms with Crippen LogP contribution in [0.4, 0.5) is 68.2 Å². The van der Waals surface area contributed by atoms with Crippen LogP contribution >= 0.6 is 11.3 Å². The Morgan fingerprint density at radius 2 is 0.585 bits per heavy atom. The lowest BCUT2D eigenvalue weighted by molar-refractivity contribution is 0.669. The van der Waals surface area contributed by atoms with Crippen molar-refractivity contribution in [2.45, 2.75) is 0 Å². The zero-order valence-electron chi connectivity index (χ0n) is 56.9. The number of hydrogen-bond donors (Lipinski definition) is 0. The fourth-order valence-electron chi connectivity index (χ4n) is 18.6. The summed E-state index contributed by atoms with van der Waals surface area (Å²) in [7, 11) is 0. The maximum absolute atomic E-state index is 6.96. The van der Waals surface area contributed by atoms with Crippen LogP contribution in [0, 0.1) is 0 Å². The molecule has 0 saturated carbocycles. The molecule has 4 aromatic heterocycles. The fourth-order valence-corrected chi connectivity index (χ4v) is 19.8. The van der Waals surface area contributed by atoms with E-state index >= 15 is 0 Å². The number of benzene rings is 16. The van der Waals surface area contributed by atoms with Gasteiger partial charge in [0.05, 0.1) is 16.1 Å². The summed E-state index contributed by atoms with van der Waals surface area (Å²) in [6.07, 6.45) is 0. The van der Waals surface area contributed by atoms with Gasteiger partial charge in [-0.3, -0.25) is 0 Å². The normalized spacial score (nSPS) is 13.4. The number of furan rings is 3. The van der Waals surface area contributed by atoms with Gasteiger partial charge in [0.15, 0.2) is 5.58 Å². The molecule has 0 radical (unpaired) electrons. The van der Waals surface area contributed by atoms with Gasteiger partial charge in [-0.1, -0.05) is 231 Å². The Morgan fingerprint density at radius 3 is 1.13 bits per heavy atom. The topological polar surface area (TPSA) is 52.4 Å². The van der Waals surface area contributed by atoms with Crippen LogP contribution in [0.15, 0.2) is 353 Å². The van der Waals surface area contributed by atoms with Gasteiger partial charge in [-0.25, -0.2) is 0 Å². The molecule has 0 fully saturated rings. The third kappa shape index (κ3) is 8.13. The number of fused-ring (bicyclic) bond motifs is 20. The van der Waals surface area contributed by atoms with Crippen LogP contribution in [0.1, 0.15) is 0 Å². The zero-order valence-corrected chi connectivity index (χ0v) is 57.7. The first kappa shape index (κ1) is 58.0. The largest absolute Gasteiger partial charge is 0.455 e. The fraction of sp³-hybridized carbons (Fsp3) is 0. The Labute approximate surface area is 613 Å². The van der Waals surface area contributed by atoms with E-state index in [-0.39, 0.29) is 13.4 Å². The lowest BCUT2D eigenvalue weighted by atomic mass is 9.33. The molecule has 0 atom stereocenters. The van der Waals surface area contributed by atoms with E-state index in [0.29, 0.717) is 0 Å². The molecule has 0 spiro atoms. The third-order valence-electron chi connectivity index (χ3n) is 23.1. The van der Waals surface area contributed by atoms with E-state index in [4.69, 9.17) is 13.3 Å². The summed E-state index contributed by atoms with van der Waals surface area (Å²) in [4.78, 5) is 9.99. The quantitative estimate of drug-likeness (QED) is 0.147. The highest BCUT2D eigenvalue weighted by Crippen LogP contribution is 2.52. The molecule has 0 bridgehead atoms. The van der Waals surface area contributed by atoms with Crippen molar-refractivity contribution in [2.24, 2.45) is 0 Å². The Hall–Kier alpha value is -13.5. The third-order valence-corrected chi connectivity index (χ3v) is 24.3. The Morgan fingerprint density at radius 1 is 0.226 bits per heavy atom. The lowest BCUT2D eigenvalue weighted by Crippen LogP contribution is -2.61. The molecular formula is C96H56B2N4O3S. The van der Waals surface area contributed by atoms with E-state index in [9.17, 15) is 0 Å². The minimum absolute atomic E-state index is 0.0125. The first-order valence-electron chi connectivity index (χ1n) is 36.3. The summed E-state index contributed by atoms with van der Waals surface area (Å²) < 4.78 is 22.6. The lowest BCUT2D eigenvalue weighted by Gasteiger charge is -2.44. The molecule has 8 heterocycles. The molecule has 0 aliphatic carbocycles. The van der Waals surface area contributed by atoms with Gasteiger partial charge in [-0.05, 0) is 164 Å². The van der Waals surface area contributed by atoms with Crippen molar-refractivity contribution in [2.75, 3.05) is 19.6 Å². The molecule has 4 aliphatic heterocycles. The summed E-state index contributed by atoms with van der Waals surface area (Å²) in [6.45, 7) is -0.0918. The number of nitrogens with zero attached hydrogens (tertiary/aromatic N) is 4. The van der Waals surface area contributed by atoms with Crippen molar-refractivity contribution in [1.29, 1.82) is 0 Å². The molecule has 10 heteroatoms.